The van der Waals surface area contributed by atoms with Gasteiger partial charge in [-0.05, 0) is 61.9 Å². The molecule has 1 aliphatic heterocycles. The van der Waals surface area contributed by atoms with Crippen molar-refractivity contribution in [1.82, 2.24) is 0 Å². The van der Waals surface area contributed by atoms with Crippen molar-refractivity contribution < 1.29 is 24.5 Å². The van der Waals surface area contributed by atoms with Crippen molar-refractivity contribution in [3.8, 4) is 0 Å². The Balaban J connectivity index is 1.51. The van der Waals surface area contributed by atoms with Crippen LogP contribution >= 0.6 is 11.3 Å². The lowest BCUT2D eigenvalue weighted by atomic mass is 10.0. The summed E-state index contributed by atoms with van der Waals surface area (Å²) in [4.78, 5) is 28.1. The van der Waals surface area contributed by atoms with Crippen LogP contribution in [0, 0.1) is 0 Å². The first kappa shape index (κ1) is 26.4. The average molecular weight is 488 g/mol. The summed E-state index contributed by atoms with van der Waals surface area (Å²) in [5.74, 6) is -0.240. The van der Waals surface area contributed by atoms with Crippen molar-refractivity contribution in [1.29, 1.82) is 0 Å². The summed E-state index contributed by atoms with van der Waals surface area (Å²) in [5, 5.41) is 19.2. The molecule has 2 N–H and O–H groups in total. The van der Waals surface area contributed by atoms with Gasteiger partial charge in [0.05, 0.1) is 12.7 Å². The summed E-state index contributed by atoms with van der Waals surface area (Å²) in [6.07, 6.45) is 8.97. The van der Waals surface area contributed by atoms with Gasteiger partial charge in [0.2, 0.25) is 5.91 Å². The van der Waals surface area contributed by atoms with Crippen molar-refractivity contribution >= 4 is 28.9 Å². The molecule has 1 saturated heterocycles. The number of nitrogens with zero attached hydrogens (tertiary/aromatic N) is 1. The number of benzene rings is 1. The number of hydrogen-bond acceptors (Lipinski definition) is 6. The van der Waals surface area contributed by atoms with E-state index < -0.39 is 12.1 Å². The minimum Gasteiger partial charge on any atom is -0.459 e. The molecule has 7 heteroatoms. The Kier molecular flexibility index (Phi) is 10.6. The van der Waals surface area contributed by atoms with Gasteiger partial charge in [-0.2, -0.15) is 0 Å². The van der Waals surface area contributed by atoms with E-state index in [1.807, 2.05) is 35.2 Å². The Morgan fingerprint density at radius 3 is 2.68 bits per heavy atom. The van der Waals surface area contributed by atoms with Crippen molar-refractivity contribution in [3.63, 3.8) is 0 Å². The second-order valence-electron chi connectivity index (χ2n) is 8.93. The Morgan fingerprint density at radius 1 is 1.15 bits per heavy atom. The number of rotatable bonds is 14. The van der Waals surface area contributed by atoms with E-state index in [9.17, 15) is 14.7 Å². The molecule has 0 spiro atoms. The van der Waals surface area contributed by atoms with Crippen LogP contribution in [-0.4, -0.2) is 41.3 Å². The highest BCUT2D eigenvalue weighted by atomic mass is 32.1. The molecule has 186 valence electrons. The normalized spacial score (nSPS) is 16.7. The average Bonchev–Trinajstić information content (AvgIpc) is 3.47. The number of unbranched alkanes of at least 4 members (excludes halogenated alkanes) is 3. The molecule has 3 rings (SSSR count). The molecule has 2 aromatic rings. The molecule has 1 aliphatic rings. The molecule has 0 aliphatic carbocycles. The van der Waals surface area contributed by atoms with E-state index in [4.69, 9.17) is 9.84 Å². The number of carbonyl (C=O) groups excluding carboxylic acids is 2. The number of aliphatic hydroxyl groups is 2. The fraction of sp³-hybridized carbons (Fsp3) is 0.556. The predicted molar refractivity (Wildman–Crippen MR) is 135 cm³/mol. The number of anilines is 1. The molecule has 0 radical (unpaired) electrons. The number of aliphatic hydroxyl groups excluding tert-OH is 2. The molecule has 34 heavy (non-hydrogen) atoms. The Morgan fingerprint density at radius 2 is 1.94 bits per heavy atom. The zero-order valence-corrected chi connectivity index (χ0v) is 20.9. The van der Waals surface area contributed by atoms with E-state index in [1.165, 1.54) is 24.2 Å². The van der Waals surface area contributed by atoms with Crippen LogP contribution in [-0.2, 0) is 16.0 Å². The van der Waals surface area contributed by atoms with Crippen LogP contribution in [0.4, 0.5) is 5.69 Å². The first-order valence-corrected chi connectivity index (χ1v) is 13.3. The molecule has 6 nitrogen and oxygen atoms in total. The lowest BCUT2D eigenvalue weighted by Gasteiger charge is -2.25. The van der Waals surface area contributed by atoms with E-state index >= 15 is 0 Å². The van der Waals surface area contributed by atoms with Crippen molar-refractivity contribution in [2.24, 2.45) is 0 Å². The van der Waals surface area contributed by atoms with Crippen molar-refractivity contribution in [3.05, 3.63) is 51.7 Å². The molecule has 1 amide bonds. The number of amides is 1. The van der Waals surface area contributed by atoms with Crippen LogP contribution < -0.4 is 4.90 Å². The van der Waals surface area contributed by atoms with Crippen LogP contribution in [0.1, 0.15) is 90.9 Å². The minimum atomic E-state index is -0.451. The zero-order chi connectivity index (χ0) is 24.3. The zero-order valence-electron chi connectivity index (χ0n) is 20.1. The van der Waals surface area contributed by atoms with Gasteiger partial charge in [0.25, 0.3) is 0 Å². The van der Waals surface area contributed by atoms with Crippen molar-refractivity contribution in [2.75, 3.05) is 18.1 Å². The third kappa shape index (κ3) is 7.39. The topological polar surface area (TPSA) is 87.1 Å². The first-order valence-electron chi connectivity index (χ1n) is 12.5. The van der Waals surface area contributed by atoms with Crippen LogP contribution in [0.15, 0.2) is 36.4 Å². The number of carbonyl (C=O) groups is 2. The summed E-state index contributed by atoms with van der Waals surface area (Å²) in [6.45, 7) is 2.01. The highest BCUT2D eigenvalue weighted by molar-refractivity contribution is 7.13. The van der Waals surface area contributed by atoms with Gasteiger partial charge < -0.3 is 19.8 Å². The molecule has 2 atom stereocenters. The SMILES string of the molecule is CCCCCCC(O)c1ccc(N2C(=O)CC[C@@H]2CCCc2ccc(C(=O)OCCO)s2)cc1. The molecule has 0 bridgehead atoms. The number of ether oxygens (including phenoxy) is 1. The number of hydrogen-bond donors (Lipinski definition) is 2. The van der Waals surface area contributed by atoms with Gasteiger partial charge in [-0.15, -0.1) is 11.3 Å². The van der Waals surface area contributed by atoms with Gasteiger partial charge in [-0.3, -0.25) is 4.79 Å². The third-order valence-electron chi connectivity index (χ3n) is 6.36. The minimum absolute atomic E-state index is 0.0104. The quantitative estimate of drug-likeness (QED) is 0.274. The molecule has 1 aromatic carbocycles. The Labute approximate surface area is 206 Å². The monoisotopic (exact) mass is 487 g/mol. The molecular formula is C27H37NO5S. The van der Waals surface area contributed by atoms with Gasteiger partial charge in [-0.25, -0.2) is 4.79 Å². The standard InChI is InChI=1S/C27H37NO5S/c1-2-3-4-5-9-24(30)20-10-12-22(13-11-20)28-21(14-17-26(28)31)7-6-8-23-15-16-25(34-23)27(32)33-19-18-29/h10-13,15-16,21,24,29-30H,2-9,14,17-19H2,1H3/t21-,24?/m0/s1. The van der Waals surface area contributed by atoms with E-state index in [1.54, 1.807) is 6.07 Å². The number of esters is 1. The van der Waals surface area contributed by atoms with Gasteiger partial charge in [0, 0.05) is 23.0 Å². The van der Waals surface area contributed by atoms with E-state index in [2.05, 4.69) is 6.92 Å². The molecule has 1 fully saturated rings. The van der Waals surface area contributed by atoms with Crippen LogP contribution in [0.3, 0.4) is 0 Å². The first-order chi connectivity index (χ1) is 16.5. The molecular weight excluding hydrogens is 450 g/mol. The molecule has 1 unspecified atom stereocenters. The van der Waals surface area contributed by atoms with Gasteiger partial charge in [0.15, 0.2) is 0 Å². The lowest BCUT2D eigenvalue weighted by molar-refractivity contribution is -0.117. The maximum Gasteiger partial charge on any atom is 0.348 e. The van der Waals surface area contributed by atoms with Crippen LogP contribution in [0.2, 0.25) is 0 Å². The Bertz CT molecular complexity index is 910. The fourth-order valence-corrected chi connectivity index (χ4v) is 5.45. The molecule has 0 saturated carbocycles. The smallest absolute Gasteiger partial charge is 0.348 e. The molecule has 1 aromatic heterocycles. The van der Waals surface area contributed by atoms with Gasteiger partial charge in [-0.1, -0.05) is 44.7 Å². The number of thiophene rings is 1. The molecule has 2 heterocycles. The summed E-state index contributed by atoms with van der Waals surface area (Å²) in [6, 6.07) is 11.7. The second-order valence-corrected chi connectivity index (χ2v) is 10.1. The maximum atomic E-state index is 12.6. The third-order valence-corrected chi connectivity index (χ3v) is 7.49. The lowest BCUT2D eigenvalue weighted by Crippen LogP contribution is -2.32. The maximum absolute atomic E-state index is 12.6. The largest absolute Gasteiger partial charge is 0.459 e. The summed E-state index contributed by atoms with van der Waals surface area (Å²) in [5.41, 5.74) is 1.81. The van der Waals surface area contributed by atoms with Gasteiger partial charge >= 0.3 is 5.97 Å². The highest BCUT2D eigenvalue weighted by Crippen LogP contribution is 2.31. The van der Waals surface area contributed by atoms with E-state index in [0.717, 1.165) is 61.1 Å². The predicted octanol–water partition coefficient (Wildman–Crippen LogP) is 5.42. The Hall–Kier alpha value is -2.22. The summed E-state index contributed by atoms with van der Waals surface area (Å²) in [7, 11) is 0. The summed E-state index contributed by atoms with van der Waals surface area (Å²) < 4.78 is 4.96. The van der Waals surface area contributed by atoms with Crippen molar-refractivity contribution in [2.45, 2.75) is 83.3 Å². The van der Waals surface area contributed by atoms with E-state index in [0.29, 0.717) is 11.3 Å². The van der Waals surface area contributed by atoms with Crippen LogP contribution in [0.25, 0.3) is 0 Å². The van der Waals surface area contributed by atoms with Gasteiger partial charge in [0.1, 0.15) is 11.5 Å². The van der Waals surface area contributed by atoms with E-state index in [-0.39, 0.29) is 25.2 Å². The fourth-order valence-electron chi connectivity index (χ4n) is 4.50. The summed E-state index contributed by atoms with van der Waals surface area (Å²) >= 11 is 1.42. The highest BCUT2D eigenvalue weighted by Gasteiger charge is 2.31. The van der Waals surface area contributed by atoms with Crippen LogP contribution in [0.5, 0.6) is 0 Å². The number of aryl methyl sites for hydroxylation is 1. The second kappa shape index (κ2) is 13.6.